The van der Waals surface area contributed by atoms with Crippen molar-refractivity contribution in [3.8, 4) is 0 Å². The van der Waals surface area contributed by atoms with Gasteiger partial charge in [0.2, 0.25) is 15.5 Å². The van der Waals surface area contributed by atoms with E-state index in [4.69, 9.17) is 9.47 Å². The Bertz CT molecular complexity index is 1120. The van der Waals surface area contributed by atoms with Gasteiger partial charge < -0.3 is 18.9 Å². The first kappa shape index (κ1) is 24.1. The molecule has 0 unspecified atom stereocenters. The largest absolute Gasteiger partial charge is 0.382 e. The standard InChI is InChI=1S/C20H26IN3O6S/c1-29-12-15(13-30-2)24-11-17(19(25)16-10-14(21)4-5-18(16)24)20(26)22-6-8-23(9-7-22)31(3,27)28/h4-5,10-11,15H,6-9,12-13H2,1-3H3. The molecule has 1 saturated heterocycles. The van der Waals surface area contributed by atoms with Crippen molar-refractivity contribution in [1.82, 2.24) is 13.8 Å². The Morgan fingerprint density at radius 2 is 1.74 bits per heavy atom. The second-order valence-corrected chi connectivity index (χ2v) is 10.7. The van der Waals surface area contributed by atoms with Gasteiger partial charge in [0, 0.05) is 55.6 Å². The zero-order valence-corrected chi connectivity index (χ0v) is 20.7. The van der Waals surface area contributed by atoms with Gasteiger partial charge in [-0.05, 0) is 40.8 Å². The van der Waals surface area contributed by atoms with E-state index in [9.17, 15) is 18.0 Å². The van der Waals surface area contributed by atoms with Crippen LogP contribution in [-0.2, 0) is 19.5 Å². The summed E-state index contributed by atoms with van der Waals surface area (Å²) in [5, 5.41) is 0.449. The molecule has 0 aliphatic carbocycles. The van der Waals surface area contributed by atoms with E-state index in [0.717, 1.165) is 9.83 Å². The Labute approximate surface area is 195 Å². The van der Waals surface area contributed by atoms with E-state index in [0.29, 0.717) is 24.1 Å². The number of methoxy groups -OCH3 is 2. The summed E-state index contributed by atoms with van der Waals surface area (Å²) in [4.78, 5) is 28.1. The third kappa shape index (κ3) is 5.28. The Morgan fingerprint density at radius 3 is 2.29 bits per heavy atom. The van der Waals surface area contributed by atoms with E-state index in [1.54, 1.807) is 26.5 Å². The van der Waals surface area contributed by atoms with Crippen molar-refractivity contribution in [2.75, 3.05) is 59.9 Å². The molecule has 0 atom stereocenters. The van der Waals surface area contributed by atoms with E-state index in [1.807, 2.05) is 16.7 Å². The topological polar surface area (TPSA) is 98.2 Å². The number of hydrogen-bond donors (Lipinski definition) is 0. The number of pyridine rings is 1. The Morgan fingerprint density at radius 1 is 1.13 bits per heavy atom. The van der Waals surface area contributed by atoms with E-state index >= 15 is 0 Å². The summed E-state index contributed by atoms with van der Waals surface area (Å²) in [6, 6.07) is 5.30. The van der Waals surface area contributed by atoms with Gasteiger partial charge in [-0.25, -0.2) is 8.42 Å². The van der Waals surface area contributed by atoms with Crippen LogP contribution in [0, 0.1) is 3.57 Å². The van der Waals surface area contributed by atoms with Crippen LogP contribution in [0.15, 0.2) is 29.2 Å². The lowest BCUT2D eigenvalue weighted by Crippen LogP contribution is -2.51. The number of halogens is 1. The molecule has 0 radical (unpaired) electrons. The molecule has 1 amide bonds. The molecule has 9 nitrogen and oxygen atoms in total. The van der Waals surface area contributed by atoms with Gasteiger partial charge in [0.1, 0.15) is 5.56 Å². The monoisotopic (exact) mass is 563 g/mol. The van der Waals surface area contributed by atoms with Gasteiger partial charge in [0.25, 0.3) is 5.91 Å². The number of fused-ring (bicyclic) bond motifs is 1. The molecule has 1 fully saturated rings. The highest BCUT2D eigenvalue weighted by Gasteiger charge is 2.29. The molecule has 170 valence electrons. The second-order valence-electron chi connectivity index (χ2n) is 7.46. The zero-order chi connectivity index (χ0) is 22.8. The normalized spacial score (nSPS) is 15.7. The smallest absolute Gasteiger partial charge is 0.259 e. The summed E-state index contributed by atoms with van der Waals surface area (Å²) in [5.74, 6) is -0.402. The van der Waals surface area contributed by atoms with Crippen molar-refractivity contribution < 1.29 is 22.7 Å². The Balaban J connectivity index is 2.05. The summed E-state index contributed by atoms with van der Waals surface area (Å²) in [7, 11) is -0.137. The molecule has 0 N–H and O–H groups in total. The van der Waals surface area contributed by atoms with Crippen LogP contribution in [-0.4, -0.2) is 88.0 Å². The van der Waals surface area contributed by atoms with Gasteiger partial charge in [-0.1, -0.05) is 0 Å². The molecular formula is C20H26IN3O6S. The lowest BCUT2D eigenvalue weighted by atomic mass is 10.1. The number of rotatable bonds is 7. The third-order valence-electron chi connectivity index (χ3n) is 5.33. The first-order valence-electron chi connectivity index (χ1n) is 9.74. The maximum atomic E-state index is 13.3. The van der Waals surface area contributed by atoms with Crippen LogP contribution in [0.4, 0.5) is 0 Å². The predicted octanol–water partition coefficient (Wildman–Crippen LogP) is 1.16. The quantitative estimate of drug-likeness (QED) is 0.470. The van der Waals surface area contributed by atoms with Crippen molar-refractivity contribution >= 4 is 49.4 Å². The van der Waals surface area contributed by atoms with Gasteiger partial charge in [-0.2, -0.15) is 4.31 Å². The molecule has 0 bridgehead atoms. The molecule has 1 aliphatic rings. The van der Waals surface area contributed by atoms with Crippen LogP contribution in [0.2, 0.25) is 0 Å². The first-order valence-corrected chi connectivity index (χ1v) is 12.7. The molecule has 3 rings (SSSR count). The highest BCUT2D eigenvalue weighted by molar-refractivity contribution is 14.1. The summed E-state index contributed by atoms with van der Waals surface area (Å²) < 4.78 is 38.3. The first-order chi connectivity index (χ1) is 14.7. The Kier molecular flexibility index (Phi) is 7.73. The van der Waals surface area contributed by atoms with Gasteiger partial charge in [-0.3, -0.25) is 9.59 Å². The highest BCUT2D eigenvalue weighted by Crippen LogP contribution is 2.21. The highest BCUT2D eigenvalue weighted by atomic mass is 127. The average Bonchev–Trinajstić information content (AvgIpc) is 2.73. The minimum atomic E-state index is -3.31. The number of aromatic nitrogens is 1. The number of carbonyl (C=O) groups excluding carboxylic acids is 1. The van der Waals surface area contributed by atoms with Crippen LogP contribution in [0.1, 0.15) is 16.4 Å². The number of piperazine rings is 1. The van der Waals surface area contributed by atoms with Crippen molar-refractivity contribution in [2.24, 2.45) is 0 Å². The number of ether oxygens (including phenoxy) is 2. The fourth-order valence-corrected chi connectivity index (χ4v) is 5.09. The summed E-state index contributed by atoms with van der Waals surface area (Å²) in [6.07, 6.45) is 2.73. The average molecular weight is 563 g/mol. The van der Waals surface area contributed by atoms with Crippen LogP contribution < -0.4 is 5.43 Å². The predicted molar refractivity (Wildman–Crippen MR) is 126 cm³/mol. The zero-order valence-electron chi connectivity index (χ0n) is 17.7. The number of sulfonamides is 1. The Hall–Kier alpha value is -1.54. The second kappa shape index (κ2) is 9.94. The van der Waals surface area contributed by atoms with Gasteiger partial charge in [-0.15, -0.1) is 0 Å². The fraction of sp³-hybridized carbons (Fsp3) is 0.500. The number of nitrogens with zero attached hydrogens (tertiary/aromatic N) is 3. The number of amides is 1. The molecule has 2 aromatic rings. The molecule has 1 aromatic carbocycles. The van der Waals surface area contributed by atoms with Crippen LogP contribution in [0.3, 0.4) is 0 Å². The number of benzene rings is 1. The fourth-order valence-electron chi connectivity index (χ4n) is 3.77. The van der Waals surface area contributed by atoms with Crippen LogP contribution in [0.25, 0.3) is 10.9 Å². The SMILES string of the molecule is COCC(COC)n1cc(C(=O)N2CCN(S(C)(=O)=O)CC2)c(=O)c2cc(I)ccc21. The minimum absolute atomic E-state index is 0.0551. The van der Waals surface area contributed by atoms with E-state index in [-0.39, 0.29) is 43.2 Å². The molecule has 2 heterocycles. The molecule has 11 heteroatoms. The van der Waals surface area contributed by atoms with Gasteiger partial charge in [0.05, 0.1) is 31.0 Å². The summed E-state index contributed by atoms with van der Waals surface area (Å²) in [5.41, 5.74) is 0.413. The molecule has 1 aromatic heterocycles. The molecule has 0 saturated carbocycles. The van der Waals surface area contributed by atoms with Crippen molar-refractivity contribution in [2.45, 2.75) is 6.04 Å². The minimum Gasteiger partial charge on any atom is -0.382 e. The summed E-state index contributed by atoms with van der Waals surface area (Å²) in [6.45, 7) is 1.57. The molecule has 0 spiro atoms. The molecule has 1 aliphatic heterocycles. The molecule has 31 heavy (non-hydrogen) atoms. The maximum Gasteiger partial charge on any atom is 0.259 e. The van der Waals surface area contributed by atoms with Crippen molar-refractivity contribution in [3.05, 3.63) is 43.8 Å². The van der Waals surface area contributed by atoms with E-state index in [1.165, 1.54) is 9.21 Å². The van der Waals surface area contributed by atoms with Crippen molar-refractivity contribution in [1.29, 1.82) is 0 Å². The van der Waals surface area contributed by atoms with Gasteiger partial charge >= 0.3 is 0 Å². The van der Waals surface area contributed by atoms with E-state index < -0.39 is 15.9 Å². The van der Waals surface area contributed by atoms with Crippen LogP contribution >= 0.6 is 22.6 Å². The van der Waals surface area contributed by atoms with E-state index in [2.05, 4.69) is 22.6 Å². The lowest BCUT2D eigenvalue weighted by molar-refractivity contribution is 0.0692. The third-order valence-corrected chi connectivity index (χ3v) is 7.31. The maximum absolute atomic E-state index is 13.3. The number of carbonyl (C=O) groups is 1. The molecular weight excluding hydrogens is 537 g/mol. The van der Waals surface area contributed by atoms with Crippen molar-refractivity contribution in [3.63, 3.8) is 0 Å². The lowest BCUT2D eigenvalue weighted by Gasteiger charge is -2.33. The van der Waals surface area contributed by atoms with Gasteiger partial charge in [0.15, 0.2) is 0 Å². The number of hydrogen-bond acceptors (Lipinski definition) is 6. The summed E-state index contributed by atoms with van der Waals surface area (Å²) >= 11 is 2.13. The van der Waals surface area contributed by atoms with Crippen LogP contribution in [0.5, 0.6) is 0 Å².